The molecule has 1 aromatic heterocycles. The van der Waals surface area contributed by atoms with Gasteiger partial charge in [0, 0.05) is 67.3 Å². The van der Waals surface area contributed by atoms with Crippen molar-refractivity contribution in [2.24, 2.45) is 23.2 Å². The Morgan fingerprint density at radius 1 is 1.16 bits per heavy atom. The van der Waals surface area contributed by atoms with Crippen LogP contribution in [0.1, 0.15) is 72.1 Å². The number of allylic oxidation sites excluding steroid dienone is 1. The van der Waals surface area contributed by atoms with Crippen molar-refractivity contribution >= 4 is 38.7 Å². The van der Waals surface area contributed by atoms with Crippen molar-refractivity contribution in [1.29, 1.82) is 0 Å². The lowest BCUT2D eigenvalue weighted by atomic mass is 9.68. The van der Waals surface area contributed by atoms with Gasteiger partial charge in [0.05, 0.1) is 33.9 Å². The van der Waals surface area contributed by atoms with E-state index in [1.807, 2.05) is 31.3 Å². The maximum atomic E-state index is 14.4. The molecule has 11 heteroatoms. The summed E-state index contributed by atoms with van der Waals surface area (Å²) >= 11 is 6.45. The zero-order valence-corrected chi connectivity index (χ0v) is 30.6. The summed E-state index contributed by atoms with van der Waals surface area (Å²) in [7, 11) is 0.447. The lowest BCUT2D eigenvalue weighted by Gasteiger charge is -2.46. The summed E-state index contributed by atoms with van der Waals surface area (Å²) in [5.41, 5.74) is 4.45. The monoisotopic (exact) mass is 718 g/mol. The minimum Gasteiger partial charge on any atom is -0.490 e. The molecule has 266 valence electrons. The van der Waals surface area contributed by atoms with Crippen LogP contribution in [0, 0.1) is 11.8 Å². The van der Waals surface area contributed by atoms with Crippen molar-refractivity contribution in [1.82, 2.24) is 9.78 Å². The Balaban J connectivity index is 1.24. The third-order valence-corrected chi connectivity index (χ3v) is 13.7. The highest BCUT2D eigenvalue weighted by molar-refractivity contribution is 7.94. The third-order valence-electron chi connectivity index (χ3n) is 11.3. The van der Waals surface area contributed by atoms with Gasteiger partial charge in [-0.25, -0.2) is 4.21 Å². The molecular formula is C39H47ClN4O5S. The van der Waals surface area contributed by atoms with Crippen molar-refractivity contribution in [3.05, 3.63) is 88.2 Å². The number of fused-ring (bicyclic) bond motifs is 4. The van der Waals surface area contributed by atoms with E-state index >= 15 is 0 Å². The molecule has 1 amide bonds. The van der Waals surface area contributed by atoms with Crippen LogP contribution in [0.15, 0.2) is 65.2 Å². The molecule has 2 aliphatic carbocycles. The molecule has 2 bridgehead atoms. The molecule has 0 radical (unpaired) electrons. The number of aryl methyl sites for hydroxylation is 3. The molecule has 1 saturated carbocycles. The number of benzene rings is 2. The minimum atomic E-state index is -3.16. The normalized spacial score (nSPS) is 28.7. The number of carbonyl (C=O) groups is 2. The van der Waals surface area contributed by atoms with E-state index in [0.717, 1.165) is 67.3 Å². The molecule has 7 rings (SSSR count). The molecule has 3 aromatic rings. The van der Waals surface area contributed by atoms with Gasteiger partial charge in [-0.1, -0.05) is 29.8 Å². The summed E-state index contributed by atoms with van der Waals surface area (Å²) in [6, 6.07) is 13.6. The van der Waals surface area contributed by atoms with E-state index in [4.69, 9.17) is 21.1 Å². The number of carbonyl (C=O) groups excluding carboxylic acids is 2. The first-order valence-corrected chi connectivity index (χ1v) is 20.1. The molecule has 5 atom stereocenters. The molecule has 0 unspecified atom stereocenters. The van der Waals surface area contributed by atoms with Crippen LogP contribution in [0.4, 0.5) is 5.69 Å². The molecule has 4 aliphatic rings. The zero-order chi connectivity index (χ0) is 34.9. The standard InChI is InChI=1S/C39H47ClN4O5S/c1-43-31(17-19-41-43)12-13-32(45)24-50(47)20-5-3-4-8-36(48-2)33-14-9-29(33)23-44-25-39(18-6-7-27-21-30(40)11-15-34(27)39)26-49-37-16-10-28(22-35(37)44)38(46)42-50/h4,8,10-11,15-17,19,21-22,29,33,36H,3,5-7,9,12-14,18,20,23-26H2,1-2H3/b8-4+/t29-,33+,36-,39-,50+/m0/s1. The van der Waals surface area contributed by atoms with Crippen molar-refractivity contribution in [3.63, 3.8) is 0 Å². The number of anilines is 1. The number of hydrogen-bond donors (Lipinski definition) is 0. The zero-order valence-electron chi connectivity index (χ0n) is 29.0. The second-order valence-corrected chi connectivity index (χ2v) is 17.4. The maximum absolute atomic E-state index is 14.4. The molecular weight excluding hydrogens is 672 g/mol. The van der Waals surface area contributed by atoms with Crippen molar-refractivity contribution in [2.75, 3.05) is 43.2 Å². The fourth-order valence-corrected chi connectivity index (χ4v) is 10.6. The van der Waals surface area contributed by atoms with Gasteiger partial charge in [0.1, 0.15) is 11.5 Å². The topological polar surface area (TPSA) is 103 Å². The van der Waals surface area contributed by atoms with Gasteiger partial charge in [0.15, 0.2) is 0 Å². The van der Waals surface area contributed by atoms with Gasteiger partial charge in [-0.2, -0.15) is 9.46 Å². The fourth-order valence-electron chi connectivity index (χ4n) is 8.43. The third kappa shape index (κ3) is 7.30. The fraction of sp³-hybridized carbons (Fsp3) is 0.513. The number of rotatable bonds is 6. The predicted molar refractivity (Wildman–Crippen MR) is 197 cm³/mol. The second-order valence-electron chi connectivity index (χ2n) is 14.6. The van der Waals surface area contributed by atoms with Gasteiger partial charge in [0.2, 0.25) is 0 Å². The number of ether oxygens (including phenoxy) is 2. The number of hydrogen-bond acceptors (Lipinski definition) is 7. The summed E-state index contributed by atoms with van der Waals surface area (Å²) in [5.74, 6) is 0.685. The second kappa shape index (κ2) is 14.6. The quantitative estimate of drug-likeness (QED) is 0.260. The Morgan fingerprint density at radius 3 is 2.82 bits per heavy atom. The SMILES string of the molecule is CO[C@H]1/C=C/CCC[S@@](=O)(CC(=O)CCc2ccnn2C)=NC(=O)c2ccc3c(c2)N(C[C@@H]2CC[C@H]21)C[C@@]1(CCCc2cc(Cl)ccc21)CO3. The van der Waals surface area contributed by atoms with Gasteiger partial charge in [0.25, 0.3) is 5.91 Å². The molecule has 2 aliphatic heterocycles. The van der Waals surface area contributed by atoms with Crippen LogP contribution in [0.2, 0.25) is 5.02 Å². The minimum absolute atomic E-state index is 0.0219. The lowest BCUT2D eigenvalue weighted by Crippen LogP contribution is -2.49. The molecule has 50 heavy (non-hydrogen) atoms. The Kier molecular flexibility index (Phi) is 10.2. The van der Waals surface area contributed by atoms with E-state index < -0.39 is 15.6 Å². The smallest absolute Gasteiger partial charge is 0.285 e. The van der Waals surface area contributed by atoms with Crippen LogP contribution >= 0.6 is 11.6 Å². The Morgan fingerprint density at radius 2 is 2.04 bits per heavy atom. The number of ketones is 1. The average molecular weight is 719 g/mol. The molecule has 2 aromatic carbocycles. The summed E-state index contributed by atoms with van der Waals surface area (Å²) in [5, 5.41) is 4.92. The maximum Gasteiger partial charge on any atom is 0.285 e. The van der Waals surface area contributed by atoms with Gasteiger partial charge < -0.3 is 14.4 Å². The van der Waals surface area contributed by atoms with Crippen LogP contribution in [0.5, 0.6) is 5.75 Å². The first-order valence-electron chi connectivity index (χ1n) is 17.9. The summed E-state index contributed by atoms with van der Waals surface area (Å²) in [6.07, 6.45) is 13.0. The number of nitrogens with zero attached hydrogens (tertiary/aromatic N) is 4. The molecule has 3 heterocycles. The van der Waals surface area contributed by atoms with Crippen LogP contribution in [-0.4, -0.2) is 70.1 Å². The average Bonchev–Trinajstić information content (AvgIpc) is 3.43. The number of amides is 1. The lowest BCUT2D eigenvalue weighted by molar-refractivity contribution is -0.116. The highest BCUT2D eigenvalue weighted by atomic mass is 35.5. The van der Waals surface area contributed by atoms with Crippen molar-refractivity contribution < 1.29 is 23.3 Å². The summed E-state index contributed by atoms with van der Waals surface area (Å²) in [6.45, 7) is 2.06. The first kappa shape index (κ1) is 35.0. The van der Waals surface area contributed by atoms with E-state index in [1.54, 1.807) is 24.1 Å². The first-order chi connectivity index (χ1) is 24.1. The number of aromatic nitrogens is 2. The van der Waals surface area contributed by atoms with Crippen molar-refractivity contribution in [2.45, 2.75) is 69.3 Å². The van der Waals surface area contributed by atoms with Gasteiger partial charge in [-0.3, -0.25) is 14.3 Å². The van der Waals surface area contributed by atoms with Crippen LogP contribution < -0.4 is 9.64 Å². The Bertz CT molecular complexity index is 1920. The molecule has 0 N–H and O–H groups in total. The largest absolute Gasteiger partial charge is 0.490 e. The predicted octanol–water partition coefficient (Wildman–Crippen LogP) is 6.75. The Hall–Kier alpha value is -3.47. The molecule has 1 spiro atoms. The number of halogens is 1. The van der Waals surface area contributed by atoms with E-state index in [0.29, 0.717) is 43.3 Å². The number of Topliss-reactive ketones (excluding diaryl/α,β-unsaturated/α-hetero) is 1. The van der Waals surface area contributed by atoms with Crippen LogP contribution in [-0.2, 0) is 44.6 Å². The van der Waals surface area contributed by atoms with E-state index in [1.165, 1.54) is 11.1 Å². The highest BCUT2D eigenvalue weighted by Crippen LogP contribution is 2.47. The van der Waals surface area contributed by atoms with Crippen molar-refractivity contribution in [3.8, 4) is 5.75 Å². The Labute approximate surface area is 300 Å². The highest BCUT2D eigenvalue weighted by Gasteiger charge is 2.44. The molecule has 1 fully saturated rings. The van der Waals surface area contributed by atoms with E-state index in [9.17, 15) is 13.8 Å². The summed E-state index contributed by atoms with van der Waals surface area (Å²) < 4.78 is 33.1. The summed E-state index contributed by atoms with van der Waals surface area (Å²) in [4.78, 5) is 29.5. The molecule has 9 nitrogen and oxygen atoms in total. The number of methoxy groups -OCH3 is 1. The van der Waals surface area contributed by atoms with Crippen LogP contribution in [0.3, 0.4) is 0 Å². The van der Waals surface area contributed by atoms with E-state index in [2.05, 4.69) is 38.6 Å². The van der Waals surface area contributed by atoms with Gasteiger partial charge in [-0.05, 0) is 111 Å². The molecule has 0 saturated heterocycles. The van der Waals surface area contributed by atoms with E-state index in [-0.39, 0.29) is 35.2 Å². The van der Waals surface area contributed by atoms with Gasteiger partial charge in [-0.15, -0.1) is 0 Å². The van der Waals surface area contributed by atoms with Crippen LogP contribution in [0.25, 0.3) is 0 Å². The van der Waals surface area contributed by atoms with Gasteiger partial charge >= 0.3 is 0 Å².